The van der Waals surface area contributed by atoms with Crippen molar-refractivity contribution in [2.45, 2.75) is 38.5 Å². The molecule has 1 aliphatic rings. The van der Waals surface area contributed by atoms with Gasteiger partial charge in [-0.15, -0.1) is 44.9 Å². The predicted octanol–water partition coefficient (Wildman–Crippen LogP) is 14.0. The van der Waals surface area contributed by atoms with Gasteiger partial charge in [0.1, 0.15) is 11.6 Å². The van der Waals surface area contributed by atoms with Gasteiger partial charge in [-0.2, -0.15) is 38.7 Å². The van der Waals surface area contributed by atoms with Gasteiger partial charge in [0.15, 0.2) is 23.0 Å². The molecule has 8 aromatic heterocycles. The summed E-state index contributed by atoms with van der Waals surface area (Å²) in [4.78, 5) is 46.2. The van der Waals surface area contributed by atoms with Gasteiger partial charge < -0.3 is 82.7 Å². The Labute approximate surface area is 636 Å². The molecular formula is C69H65F4N25O8S4. The van der Waals surface area contributed by atoms with Crippen LogP contribution in [0.5, 0.6) is 40.2 Å². The molecule has 0 aliphatic heterocycles. The fraction of sp³-hybridized carbons (Fsp3) is 0.174. The zero-order chi connectivity index (χ0) is 77.3. The van der Waals surface area contributed by atoms with Gasteiger partial charge in [-0.3, -0.25) is 4.79 Å². The van der Waals surface area contributed by atoms with Crippen LogP contribution in [0.15, 0.2) is 145 Å². The van der Waals surface area contributed by atoms with Crippen molar-refractivity contribution in [3.05, 3.63) is 156 Å². The molecule has 1 saturated carbocycles. The number of halogens is 4. The molecule has 7 aromatic carbocycles. The summed E-state index contributed by atoms with van der Waals surface area (Å²) < 4.78 is 95.4. The van der Waals surface area contributed by atoms with Gasteiger partial charge in [0.05, 0.1) is 84.7 Å². The lowest BCUT2D eigenvalue weighted by Gasteiger charge is -2.14. The number of methoxy groups -OCH3 is 6. The molecule has 13 N–H and O–H groups in total. The van der Waals surface area contributed by atoms with Crippen molar-refractivity contribution in [3.8, 4) is 60.8 Å². The van der Waals surface area contributed by atoms with E-state index in [1.54, 1.807) is 63.8 Å². The molecule has 110 heavy (non-hydrogen) atoms. The van der Waals surface area contributed by atoms with E-state index in [4.69, 9.17) is 51.4 Å². The van der Waals surface area contributed by atoms with Gasteiger partial charge in [0.25, 0.3) is 0 Å². The molecule has 0 unspecified atom stereocenters. The Morgan fingerprint density at radius 2 is 0.882 bits per heavy atom. The van der Waals surface area contributed by atoms with Crippen LogP contribution in [0.4, 0.5) is 93.6 Å². The number of anilines is 13. The van der Waals surface area contributed by atoms with E-state index >= 15 is 0 Å². The summed E-state index contributed by atoms with van der Waals surface area (Å²) >= 11 is 5.54. The minimum atomic E-state index is -4.79. The summed E-state index contributed by atoms with van der Waals surface area (Å²) in [5.74, 6) is 4.48. The number of nitrogen functional groups attached to an aromatic ring is 4. The number of carbonyl (C=O) groups is 1. The van der Waals surface area contributed by atoms with Crippen molar-refractivity contribution in [2.75, 3.05) is 92.2 Å². The Bertz CT molecular complexity index is 5640. The first-order chi connectivity index (χ1) is 53.1. The lowest BCUT2D eigenvalue weighted by atomic mass is 10.2. The van der Waals surface area contributed by atoms with Crippen LogP contribution in [0.1, 0.15) is 37.8 Å². The quantitative estimate of drug-likeness (QED) is 0.0285. The third kappa shape index (κ3) is 17.5. The van der Waals surface area contributed by atoms with Crippen molar-refractivity contribution in [3.63, 3.8) is 0 Å². The smallest absolute Gasteiger partial charge is 0.493 e. The van der Waals surface area contributed by atoms with Crippen molar-refractivity contribution >= 4 is 158 Å². The highest BCUT2D eigenvalue weighted by Crippen LogP contribution is 2.44. The third-order valence-electron chi connectivity index (χ3n) is 15.6. The number of amides is 1. The van der Waals surface area contributed by atoms with Crippen molar-refractivity contribution in [2.24, 2.45) is 0 Å². The van der Waals surface area contributed by atoms with Crippen LogP contribution in [-0.2, 0) is 4.79 Å². The summed E-state index contributed by atoms with van der Waals surface area (Å²) in [5.41, 5.74) is 30.3. The Morgan fingerprint density at radius 1 is 0.473 bits per heavy atom. The van der Waals surface area contributed by atoms with Crippen LogP contribution in [0.2, 0.25) is 0 Å². The highest BCUT2D eigenvalue weighted by molar-refractivity contribution is 7.21. The number of carbonyl (C=O) groups excluding carboxylic acids is 1. The lowest BCUT2D eigenvalue weighted by molar-refractivity contribution is -0.274. The molecule has 1 aliphatic carbocycles. The minimum absolute atomic E-state index is 0.0239. The number of nitrogens with zero attached hydrogens (tertiary/aromatic N) is 16. The topological polar surface area (TPSA) is 420 Å². The summed E-state index contributed by atoms with van der Waals surface area (Å²) in [6.45, 7) is 1.81. The third-order valence-corrected chi connectivity index (χ3v) is 19.5. The van der Waals surface area contributed by atoms with Gasteiger partial charge in [-0.25, -0.2) is 24.3 Å². The molecule has 8 heterocycles. The number of thiazole rings is 4. The number of nitrogens with one attached hydrogen (secondary N) is 5. The Morgan fingerprint density at radius 3 is 1.31 bits per heavy atom. The summed E-state index contributed by atoms with van der Waals surface area (Å²) in [7, 11) is 9.15. The van der Waals surface area contributed by atoms with E-state index in [1.165, 1.54) is 111 Å². The highest BCUT2D eigenvalue weighted by Gasteiger charge is 2.32. The number of hydrogen-bond donors (Lipinski definition) is 9. The van der Waals surface area contributed by atoms with Crippen LogP contribution in [0.3, 0.4) is 0 Å². The van der Waals surface area contributed by atoms with Crippen molar-refractivity contribution < 1.29 is 55.5 Å². The Kier molecular flexibility index (Phi) is 22.3. The molecule has 566 valence electrons. The maximum absolute atomic E-state index is 13.7. The van der Waals surface area contributed by atoms with Crippen LogP contribution in [0, 0.1) is 5.82 Å². The SMILES string of the molecule is CCC(=O)Nc1ccc(Nc2nc(N)n(-c3nc4ccccc4s3)n2)cc1.COc1cc(Nc2nc(N)n(-c3nc(C4CC4)cs3)n2)cc(OC)c1OC.COc1cc(Nc2nc(N)n(-c3nc4ccc(OC(F)(F)F)cc4s3)n2)cc(OC)c1OC.Nc1nc(Nc2ccccc2F)nn1-c1nc2ccccc2s1. The monoisotopic (exact) mass is 1580 g/mol. The average Bonchev–Trinajstić information content (AvgIpc) is 1.64. The maximum Gasteiger partial charge on any atom is 0.573 e. The Balaban J connectivity index is 0.000000130. The molecule has 41 heteroatoms. The number of benzene rings is 7. The molecule has 0 atom stereocenters. The first-order valence-electron chi connectivity index (χ1n) is 32.7. The van der Waals surface area contributed by atoms with E-state index in [9.17, 15) is 22.4 Å². The second-order valence-corrected chi connectivity index (χ2v) is 26.9. The van der Waals surface area contributed by atoms with Crippen LogP contribution < -0.4 is 82.7 Å². The normalized spacial score (nSPS) is 11.7. The highest BCUT2D eigenvalue weighted by atomic mass is 32.1. The van der Waals surface area contributed by atoms with E-state index in [2.05, 4.69) is 97.0 Å². The predicted molar refractivity (Wildman–Crippen MR) is 414 cm³/mol. The summed E-state index contributed by atoms with van der Waals surface area (Å²) in [5, 5.41) is 36.6. The first-order valence-corrected chi connectivity index (χ1v) is 36.1. The summed E-state index contributed by atoms with van der Waals surface area (Å²) in [6.07, 6.45) is -1.95. The number of fused-ring (bicyclic) bond motifs is 3. The van der Waals surface area contributed by atoms with Crippen LogP contribution in [-0.4, -0.2) is 134 Å². The van der Waals surface area contributed by atoms with Crippen LogP contribution >= 0.6 is 45.3 Å². The Hall–Kier alpha value is -13.4. The molecule has 1 amide bonds. The van der Waals surface area contributed by atoms with Crippen LogP contribution in [0.25, 0.3) is 51.2 Å². The number of alkyl halides is 3. The molecule has 0 bridgehead atoms. The van der Waals surface area contributed by atoms with Crippen molar-refractivity contribution in [1.82, 2.24) is 79.0 Å². The van der Waals surface area contributed by atoms with Gasteiger partial charge in [-0.1, -0.05) is 77.3 Å². The molecule has 0 radical (unpaired) electrons. The molecular weight excluding hydrogens is 1510 g/mol. The fourth-order valence-electron chi connectivity index (χ4n) is 10.4. The van der Waals surface area contributed by atoms with Gasteiger partial charge >= 0.3 is 6.36 Å². The number of nitrogens with two attached hydrogens (primary N) is 4. The zero-order valence-electron chi connectivity index (χ0n) is 58.9. The number of para-hydroxylation sites is 3. The molecule has 0 spiro atoms. The molecule has 16 rings (SSSR count). The standard InChI is InChI=1S/C19H17F3N6O4S.C18H17N7OS.C17H20N6O3S.C15H11FN6S/c1-29-12-6-9(7-13(30-2)15(12)31-3)24-17-26-16(23)28(27-17)18-25-11-5-4-10(8-14(11)33-18)32-19(20,21)22;1-2-15(26)20-11-7-9-12(10-8-11)21-17-23-16(19)25(24-17)18-22-13-5-3-4-6-14(13)27-18;1-24-12-6-10(7-13(25-2)14(12)26-3)19-16-21-15(18)23(22-16)17-20-11(8-27-17)9-4-5-9;16-9-5-1-2-6-10(9)18-14-20-13(17)22(21-14)15-19-11-7-3-4-8-12(11)23-15/h4-8H,1-3H3,(H3,23,24,26,27);3-10H,2H2,1H3,(H,20,26)(H3,19,21,23,24);6-9H,4-5H2,1-3H3,(H3,18,19,21,22);1-8H,(H3,17,18,20,21). The maximum atomic E-state index is 13.7. The van der Waals surface area contributed by atoms with E-state index in [-0.39, 0.29) is 58.9 Å². The van der Waals surface area contributed by atoms with E-state index in [0.29, 0.717) is 101 Å². The molecule has 15 aromatic rings. The second-order valence-electron chi connectivity index (χ2n) is 23.0. The fourth-order valence-corrected chi connectivity index (χ4v) is 14.0. The van der Waals surface area contributed by atoms with Gasteiger partial charge in [0, 0.05) is 70.8 Å². The number of hydrogen-bond acceptors (Lipinski definition) is 32. The van der Waals surface area contributed by atoms with Gasteiger partial charge in [0.2, 0.25) is 85.5 Å². The molecule has 1 fully saturated rings. The second kappa shape index (κ2) is 32.8. The zero-order valence-corrected chi connectivity index (χ0v) is 62.2. The number of aromatic nitrogens is 16. The van der Waals surface area contributed by atoms with E-state index < -0.39 is 6.36 Å². The lowest BCUT2D eigenvalue weighted by Crippen LogP contribution is -2.16. The largest absolute Gasteiger partial charge is 0.573 e. The van der Waals surface area contributed by atoms with E-state index in [0.717, 1.165) is 48.8 Å². The molecule has 33 nitrogen and oxygen atoms in total. The summed E-state index contributed by atoms with van der Waals surface area (Å²) in [6, 6.07) is 39.9. The average molecular weight is 1580 g/mol. The van der Waals surface area contributed by atoms with Crippen molar-refractivity contribution in [1.29, 1.82) is 0 Å². The molecule has 0 saturated heterocycles. The van der Waals surface area contributed by atoms with Gasteiger partial charge in [-0.05, 0) is 85.6 Å². The van der Waals surface area contributed by atoms with E-state index in [1.807, 2.05) is 79.7 Å². The number of ether oxygens (including phenoxy) is 7. The first kappa shape index (κ1) is 74.8. The minimum Gasteiger partial charge on any atom is -0.493 e. The number of rotatable bonds is 22.